The molecular formula is C23H22FN5O3. The third-order valence-corrected chi connectivity index (χ3v) is 5.95. The highest BCUT2D eigenvalue weighted by Gasteiger charge is 2.48. The third kappa shape index (κ3) is 3.53. The van der Waals surface area contributed by atoms with Gasteiger partial charge >= 0.3 is 5.97 Å². The van der Waals surface area contributed by atoms with Crippen LogP contribution >= 0.6 is 0 Å². The molecule has 164 valence electrons. The van der Waals surface area contributed by atoms with E-state index in [1.54, 1.807) is 35.1 Å². The summed E-state index contributed by atoms with van der Waals surface area (Å²) in [4.78, 5) is 35.1. The van der Waals surface area contributed by atoms with Gasteiger partial charge in [-0.3, -0.25) is 9.59 Å². The normalized spacial score (nSPS) is 21.0. The fraction of sp³-hybridized carbons (Fsp3) is 0.348. The number of halogens is 1. The predicted molar refractivity (Wildman–Crippen MR) is 114 cm³/mol. The van der Waals surface area contributed by atoms with Crippen molar-refractivity contribution in [1.29, 1.82) is 0 Å². The number of nitrogens with zero attached hydrogens (tertiary/aromatic N) is 5. The highest BCUT2D eigenvalue weighted by Crippen LogP contribution is 2.40. The number of rotatable bonds is 5. The second-order valence-electron chi connectivity index (χ2n) is 8.21. The minimum Gasteiger partial charge on any atom is -0.450 e. The number of carbonyl (C=O) groups is 2. The molecule has 1 amide bonds. The SMILES string of the molecule is CC(=O)OC1C(=O)N=C(c2nn(Cc3ccccc3F)c3ncccc23)N(C)C1C1CC1. The van der Waals surface area contributed by atoms with Crippen molar-refractivity contribution >= 4 is 28.7 Å². The molecule has 0 spiro atoms. The van der Waals surface area contributed by atoms with E-state index in [4.69, 9.17) is 4.74 Å². The molecule has 3 aromatic rings. The van der Waals surface area contributed by atoms with Gasteiger partial charge in [0.15, 0.2) is 11.5 Å². The number of amidine groups is 1. The van der Waals surface area contributed by atoms with Gasteiger partial charge in [0.05, 0.1) is 18.0 Å². The minimum atomic E-state index is -0.932. The molecule has 1 aliphatic carbocycles. The summed E-state index contributed by atoms with van der Waals surface area (Å²) in [6.07, 6.45) is 2.63. The van der Waals surface area contributed by atoms with E-state index in [1.165, 1.54) is 13.0 Å². The molecule has 1 aliphatic heterocycles. The van der Waals surface area contributed by atoms with Gasteiger partial charge in [-0.05, 0) is 37.0 Å². The standard InChI is InChI=1S/C23H22FN5O3/c1-13(30)32-20-19(14-9-10-14)28(2)22(26-23(20)31)18-16-7-5-11-25-21(16)29(27-18)12-15-6-3-4-8-17(15)24/h3-8,11,14,19-20H,9-10,12H2,1-2H3. The average molecular weight is 435 g/mol. The maximum atomic E-state index is 14.3. The zero-order valence-corrected chi connectivity index (χ0v) is 17.7. The lowest BCUT2D eigenvalue weighted by atomic mass is 10.0. The number of hydrogen-bond acceptors (Lipinski definition) is 6. The summed E-state index contributed by atoms with van der Waals surface area (Å²) in [7, 11) is 1.84. The summed E-state index contributed by atoms with van der Waals surface area (Å²) in [5.74, 6) is -0.686. The van der Waals surface area contributed by atoms with Crippen LogP contribution in [-0.2, 0) is 20.9 Å². The van der Waals surface area contributed by atoms with Crippen molar-refractivity contribution in [3.05, 3.63) is 59.7 Å². The maximum Gasteiger partial charge on any atom is 0.303 e. The Morgan fingerprint density at radius 1 is 1.22 bits per heavy atom. The zero-order valence-electron chi connectivity index (χ0n) is 17.7. The number of benzene rings is 1. The second-order valence-corrected chi connectivity index (χ2v) is 8.21. The fourth-order valence-electron chi connectivity index (χ4n) is 4.33. The van der Waals surface area contributed by atoms with Crippen LogP contribution in [0.3, 0.4) is 0 Å². The van der Waals surface area contributed by atoms with Gasteiger partial charge in [-0.1, -0.05) is 18.2 Å². The lowest BCUT2D eigenvalue weighted by molar-refractivity contribution is -0.157. The summed E-state index contributed by atoms with van der Waals surface area (Å²) in [5.41, 5.74) is 1.54. The van der Waals surface area contributed by atoms with Crippen molar-refractivity contribution in [3.63, 3.8) is 0 Å². The summed E-state index contributed by atoms with van der Waals surface area (Å²) in [5, 5.41) is 5.40. The first-order valence-corrected chi connectivity index (χ1v) is 10.5. The lowest BCUT2D eigenvalue weighted by Crippen LogP contribution is -2.55. The monoisotopic (exact) mass is 435 g/mol. The van der Waals surface area contributed by atoms with Gasteiger partial charge in [0, 0.05) is 25.7 Å². The lowest BCUT2D eigenvalue weighted by Gasteiger charge is -2.37. The van der Waals surface area contributed by atoms with Gasteiger partial charge in [-0.2, -0.15) is 10.1 Å². The quantitative estimate of drug-likeness (QED) is 0.572. The van der Waals surface area contributed by atoms with Crippen LogP contribution in [-0.4, -0.2) is 56.6 Å². The van der Waals surface area contributed by atoms with Crippen LogP contribution in [0.4, 0.5) is 4.39 Å². The van der Waals surface area contributed by atoms with E-state index < -0.39 is 18.0 Å². The van der Waals surface area contributed by atoms with E-state index >= 15 is 0 Å². The first-order valence-electron chi connectivity index (χ1n) is 10.5. The molecule has 2 unspecified atom stereocenters. The molecule has 32 heavy (non-hydrogen) atoms. The molecule has 1 aromatic carbocycles. The van der Waals surface area contributed by atoms with Crippen molar-refractivity contribution in [2.45, 2.75) is 38.5 Å². The Morgan fingerprint density at radius 2 is 2.00 bits per heavy atom. The molecule has 3 heterocycles. The number of aliphatic imine (C=N–C) groups is 1. The molecule has 0 N–H and O–H groups in total. The molecule has 2 aromatic heterocycles. The molecule has 0 radical (unpaired) electrons. The molecule has 9 heteroatoms. The van der Waals surface area contributed by atoms with Crippen molar-refractivity contribution in [1.82, 2.24) is 19.7 Å². The van der Waals surface area contributed by atoms with Gasteiger partial charge < -0.3 is 9.64 Å². The number of esters is 1. The molecule has 0 bridgehead atoms. The van der Waals surface area contributed by atoms with Crippen LogP contribution in [0.15, 0.2) is 47.6 Å². The van der Waals surface area contributed by atoms with Crippen molar-refractivity contribution in [3.8, 4) is 0 Å². The molecule has 1 saturated carbocycles. The van der Waals surface area contributed by atoms with Crippen molar-refractivity contribution < 1.29 is 18.7 Å². The number of ether oxygens (including phenoxy) is 1. The van der Waals surface area contributed by atoms with E-state index in [-0.39, 0.29) is 24.3 Å². The first kappa shape index (κ1) is 20.3. The molecule has 1 fully saturated rings. The largest absolute Gasteiger partial charge is 0.450 e. The van der Waals surface area contributed by atoms with Crippen LogP contribution in [0.5, 0.6) is 0 Å². The Balaban J connectivity index is 1.59. The Bertz CT molecular complexity index is 1250. The highest BCUT2D eigenvalue weighted by atomic mass is 19.1. The smallest absolute Gasteiger partial charge is 0.303 e. The van der Waals surface area contributed by atoms with Gasteiger partial charge in [-0.15, -0.1) is 0 Å². The number of fused-ring (bicyclic) bond motifs is 1. The minimum absolute atomic E-state index is 0.188. The molecule has 2 aliphatic rings. The average Bonchev–Trinajstić information content (AvgIpc) is 3.54. The van der Waals surface area contributed by atoms with E-state index in [2.05, 4.69) is 15.1 Å². The molecular weight excluding hydrogens is 413 g/mol. The summed E-state index contributed by atoms with van der Waals surface area (Å²) in [6.45, 7) is 1.48. The topological polar surface area (TPSA) is 89.7 Å². The van der Waals surface area contributed by atoms with Gasteiger partial charge in [0.1, 0.15) is 11.5 Å². The molecule has 8 nitrogen and oxygen atoms in total. The molecule has 2 atom stereocenters. The van der Waals surface area contributed by atoms with Gasteiger partial charge in [0.2, 0.25) is 6.10 Å². The van der Waals surface area contributed by atoms with Crippen LogP contribution in [0.1, 0.15) is 31.0 Å². The van der Waals surface area contributed by atoms with E-state index in [0.29, 0.717) is 28.1 Å². The number of pyridine rings is 1. The van der Waals surface area contributed by atoms with Crippen molar-refractivity contribution in [2.24, 2.45) is 10.9 Å². The first-order chi connectivity index (χ1) is 15.4. The maximum absolute atomic E-state index is 14.3. The zero-order chi connectivity index (χ0) is 22.4. The Kier molecular flexibility index (Phi) is 4.96. The van der Waals surface area contributed by atoms with Crippen LogP contribution in [0.2, 0.25) is 0 Å². The van der Waals surface area contributed by atoms with E-state index in [0.717, 1.165) is 12.8 Å². The number of aromatic nitrogens is 3. The van der Waals surface area contributed by atoms with Gasteiger partial charge in [0.25, 0.3) is 5.91 Å². The Hall–Kier alpha value is -3.62. The summed E-state index contributed by atoms with van der Waals surface area (Å²) < 4.78 is 21.2. The Morgan fingerprint density at radius 3 is 2.72 bits per heavy atom. The van der Waals surface area contributed by atoms with Crippen LogP contribution in [0.25, 0.3) is 11.0 Å². The van der Waals surface area contributed by atoms with E-state index in [1.807, 2.05) is 18.0 Å². The number of likely N-dealkylation sites (N-methyl/N-ethyl adjacent to an activating group) is 1. The number of hydrogen-bond donors (Lipinski definition) is 0. The number of carbonyl (C=O) groups excluding carboxylic acids is 2. The summed E-state index contributed by atoms with van der Waals surface area (Å²) in [6, 6.07) is 9.85. The molecule has 5 rings (SSSR count). The van der Waals surface area contributed by atoms with Crippen molar-refractivity contribution in [2.75, 3.05) is 7.05 Å². The van der Waals surface area contributed by atoms with Gasteiger partial charge in [-0.25, -0.2) is 14.1 Å². The number of amides is 1. The third-order valence-electron chi connectivity index (χ3n) is 5.95. The Labute approximate surface area is 183 Å². The predicted octanol–water partition coefficient (Wildman–Crippen LogP) is 2.55. The van der Waals surface area contributed by atoms with Crippen LogP contribution in [0, 0.1) is 11.7 Å². The fourth-order valence-corrected chi connectivity index (χ4v) is 4.33. The summed E-state index contributed by atoms with van der Waals surface area (Å²) >= 11 is 0. The highest BCUT2D eigenvalue weighted by molar-refractivity contribution is 6.13. The second kappa shape index (κ2) is 7.81. The van der Waals surface area contributed by atoms with Crippen LogP contribution < -0.4 is 0 Å². The van der Waals surface area contributed by atoms with E-state index in [9.17, 15) is 14.0 Å². The molecule has 0 saturated heterocycles.